The maximum Gasteiger partial charge on any atom is 0.110 e. The van der Waals surface area contributed by atoms with Crippen molar-refractivity contribution in [1.29, 1.82) is 0 Å². The van der Waals surface area contributed by atoms with Gasteiger partial charge in [0.1, 0.15) is 6.04 Å². The zero-order valence-electron chi connectivity index (χ0n) is 7.12. The highest BCUT2D eigenvalue weighted by Crippen LogP contribution is 2.21. The number of nitrogens with one attached hydrogen (secondary N) is 2. The SMILES string of the molecule is C1=CC2N=CC3=NCNCC3=C2N1. The molecular weight excluding hydrogens is 164 g/mol. The Morgan fingerprint density at radius 3 is 3.46 bits per heavy atom. The Labute approximate surface area is 76.2 Å². The second-order valence-corrected chi connectivity index (χ2v) is 3.25. The molecule has 1 unspecified atom stereocenters. The molecule has 4 nitrogen and oxygen atoms in total. The predicted molar refractivity (Wildman–Crippen MR) is 51.9 cm³/mol. The van der Waals surface area contributed by atoms with Crippen LogP contribution in [-0.2, 0) is 0 Å². The summed E-state index contributed by atoms with van der Waals surface area (Å²) in [6, 6.07) is 0.203. The van der Waals surface area contributed by atoms with Crippen LogP contribution >= 0.6 is 0 Å². The monoisotopic (exact) mass is 174 g/mol. The van der Waals surface area contributed by atoms with Crippen molar-refractivity contribution in [3.8, 4) is 0 Å². The van der Waals surface area contributed by atoms with E-state index in [1.54, 1.807) is 0 Å². The van der Waals surface area contributed by atoms with E-state index in [0.29, 0.717) is 6.67 Å². The zero-order valence-corrected chi connectivity index (χ0v) is 7.12. The van der Waals surface area contributed by atoms with Crippen molar-refractivity contribution in [2.75, 3.05) is 13.2 Å². The average molecular weight is 174 g/mol. The van der Waals surface area contributed by atoms with Gasteiger partial charge in [0.2, 0.25) is 0 Å². The van der Waals surface area contributed by atoms with Crippen molar-refractivity contribution in [1.82, 2.24) is 10.6 Å². The molecule has 66 valence electrons. The maximum atomic E-state index is 4.39. The number of fused-ring (bicyclic) bond motifs is 2. The van der Waals surface area contributed by atoms with Gasteiger partial charge in [-0.1, -0.05) is 0 Å². The molecule has 0 aromatic carbocycles. The molecule has 0 saturated heterocycles. The Morgan fingerprint density at radius 2 is 2.46 bits per heavy atom. The molecule has 3 aliphatic rings. The van der Waals surface area contributed by atoms with Gasteiger partial charge in [0.15, 0.2) is 0 Å². The molecule has 0 radical (unpaired) electrons. The number of hydrogen-bond donors (Lipinski definition) is 2. The molecular formula is C9H10N4. The van der Waals surface area contributed by atoms with Gasteiger partial charge in [-0.2, -0.15) is 0 Å². The first-order valence-electron chi connectivity index (χ1n) is 4.40. The molecule has 0 bridgehead atoms. The standard InChI is InChI=1S/C9H10N4/c1-2-11-9-6-3-10-5-13-8(6)4-12-7(1)9/h1-2,4,7,10-11H,3,5H2. The van der Waals surface area contributed by atoms with Crippen molar-refractivity contribution in [2.24, 2.45) is 9.98 Å². The molecule has 2 N–H and O–H groups in total. The predicted octanol–water partition coefficient (Wildman–Crippen LogP) is -0.188. The molecule has 3 aliphatic heterocycles. The van der Waals surface area contributed by atoms with Crippen LogP contribution in [0.4, 0.5) is 0 Å². The van der Waals surface area contributed by atoms with Crippen LogP contribution in [0.25, 0.3) is 0 Å². The van der Waals surface area contributed by atoms with Crippen molar-refractivity contribution >= 4 is 11.9 Å². The third-order valence-corrected chi connectivity index (χ3v) is 2.47. The number of aliphatic imine (C=N–C) groups is 2. The summed E-state index contributed by atoms with van der Waals surface area (Å²) in [5, 5.41) is 6.44. The Kier molecular flexibility index (Phi) is 1.37. The smallest absolute Gasteiger partial charge is 0.110 e. The van der Waals surface area contributed by atoms with Gasteiger partial charge in [-0.15, -0.1) is 0 Å². The molecule has 0 fully saturated rings. The topological polar surface area (TPSA) is 48.8 Å². The van der Waals surface area contributed by atoms with Crippen LogP contribution in [0.2, 0.25) is 0 Å². The summed E-state index contributed by atoms with van der Waals surface area (Å²) in [6.45, 7) is 1.60. The number of nitrogens with zero attached hydrogens (tertiary/aromatic N) is 2. The largest absolute Gasteiger partial charge is 0.363 e. The van der Waals surface area contributed by atoms with E-state index in [1.165, 1.54) is 11.3 Å². The minimum Gasteiger partial charge on any atom is -0.363 e. The lowest BCUT2D eigenvalue weighted by molar-refractivity contribution is 0.730. The van der Waals surface area contributed by atoms with E-state index >= 15 is 0 Å². The molecule has 3 rings (SSSR count). The summed E-state index contributed by atoms with van der Waals surface area (Å²) in [7, 11) is 0. The molecule has 0 saturated carbocycles. The summed E-state index contributed by atoms with van der Waals surface area (Å²) in [4.78, 5) is 8.73. The lowest BCUT2D eigenvalue weighted by Gasteiger charge is -2.22. The fourth-order valence-electron chi connectivity index (χ4n) is 1.81. The van der Waals surface area contributed by atoms with Gasteiger partial charge in [0.05, 0.1) is 18.1 Å². The molecule has 4 heteroatoms. The first-order valence-corrected chi connectivity index (χ1v) is 4.40. The van der Waals surface area contributed by atoms with Crippen LogP contribution in [0.5, 0.6) is 0 Å². The summed E-state index contributed by atoms with van der Waals surface area (Å²) >= 11 is 0. The maximum absolute atomic E-state index is 4.39. The van der Waals surface area contributed by atoms with E-state index in [-0.39, 0.29) is 6.04 Å². The number of dihydropyridines is 1. The fourth-order valence-corrected chi connectivity index (χ4v) is 1.81. The van der Waals surface area contributed by atoms with Gasteiger partial charge in [-0.25, -0.2) is 0 Å². The third-order valence-electron chi connectivity index (χ3n) is 2.47. The summed E-state index contributed by atoms with van der Waals surface area (Å²) in [5.74, 6) is 0. The quantitative estimate of drug-likeness (QED) is 0.535. The van der Waals surface area contributed by atoms with Gasteiger partial charge in [-0.3, -0.25) is 15.3 Å². The van der Waals surface area contributed by atoms with Crippen LogP contribution in [0.1, 0.15) is 0 Å². The van der Waals surface area contributed by atoms with E-state index in [9.17, 15) is 0 Å². The van der Waals surface area contributed by atoms with Crippen molar-refractivity contribution in [3.05, 3.63) is 23.5 Å². The van der Waals surface area contributed by atoms with Gasteiger partial charge < -0.3 is 5.32 Å². The third kappa shape index (κ3) is 0.954. The van der Waals surface area contributed by atoms with E-state index < -0.39 is 0 Å². The van der Waals surface area contributed by atoms with E-state index in [4.69, 9.17) is 0 Å². The second kappa shape index (κ2) is 2.53. The fraction of sp³-hybridized carbons (Fsp3) is 0.333. The second-order valence-electron chi connectivity index (χ2n) is 3.25. The lowest BCUT2D eigenvalue weighted by Crippen LogP contribution is -2.34. The highest BCUT2D eigenvalue weighted by molar-refractivity contribution is 6.39. The highest BCUT2D eigenvalue weighted by atomic mass is 15.1. The van der Waals surface area contributed by atoms with Crippen LogP contribution in [0.3, 0.4) is 0 Å². The van der Waals surface area contributed by atoms with E-state index in [0.717, 1.165) is 12.3 Å². The van der Waals surface area contributed by atoms with Gasteiger partial charge in [0.25, 0.3) is 0 Å². The highest BCUT2D eigenvalue weighted by Gasteiger charge is 2.25. The molecule has 13 heavy (non-hydrogen) atoms. The summed E-state index contributed by atoms with van der Waals surface area (Å²) < 4.78 is 0. The molecule has 1 atom stereocenters. The zero-order chi connectivity index (χ0) is 8.67. The van der Waals surface area contributed by atoms with Gasteiger partial charge in [-0.05, 0) is 12.3 Å². The van der Waals surface area contributed by atoms with Crippen LogP contribution < -0.4 is 10.6 Å². The lowest BCUT2D eigenvalue weighted by atomic mass is 10.0. The molecule has 0 aliphatic carbocycles. The average Bonchev–Trinajstić information content (AvgIpc) is 2.65. The summed E-state index contributed by atoms with van der Waals surface area (Å²) in [6.07, 6.45) is 5.88. The molecule has 0 amide bonds. The van der Waals surface area contributed by atoms with Crippen molar-refractivity contribution in [2.45, 2.75) is 6.04 Å². The Balaban J connectivity index is 2.11. The Hall–Kier alpha value is -1.42. The van der Waals surface area contributed by atoms with E-state index in [1.807, 2.05) is 12.4 Å². The molecule has 0 aromatic heterocycles. The van der Waals surface area contributed by atoms with Gasteiger partial charge >= 0.3 is 0 Å². The Bertz CT molecular complexity index is 362. The van der Waals surface area contributed by atoms with E-state index in [2.05, 4.69) is 26.7 Å². The van der Waals surface area contributed by atoms with Gasteiger partial charge in [0, 0.05) is 18.3 Å². The first kappa shape index (κ1) is 7.03. The minimum absolute atomic E-state index is 0.203. The summed E-state index contributed by atoms with van der Waals surface area (Å²) in [5.41, 5.74) is 3.48. The number of rotatable bonds is 0. The van der Waals surface area contributed by atoms with Crippen molar-refractivity contribution in [3.63, 3.8) is 0 Å². The molecule has 0 aromatic rings. The van der Waals surface area contributed by atoms with Crippen LogP contribution in [0.15, 0.2) is 33.5 Å². The molecule has 0 spiro atoms. The first-order chi connectivity index (χ1) is 6.45. The number of hydrogen-bond acceptors (Lipinski definition) is 4. The minimum atomic E-state index is 0.203. The Morgan fingerprint density at radius 1 is 1.46 bits per heavy atom. The van der Waals surface area contributed by atoms with Crippen LogP contribution in [-0.4, -0.2) is 31.2 Å². The van der Waals surface area contributed by atoms with Crippen molar-refractivity contribution < 1.29 is 0 Å². The van der Waals surface area contributed by atoms with Crippen LogP contribution in [0, 0.1) is 0 Å². The normalized spacial score (nSPS) is 29.5. The molecule has 3 heterocycles.